The fourth-order valence-electron chi connectivity index (χ4n) is 2.82. The fourth-order valence-corrected chi connectivity index (χ4v) is 2.82. The Morgan fingerprint density at radius 3 is 2.35 bits per heavy atom. The summed E-state index contributed by atoms with van der Waals surface area (Å²) in [7, 11) is 0. The van der Waals surface area contributed by atoms with Gasteiger partial charge in [0, 0.05) is 26.2 Å². The van der Waals surface area contributed by atoms with Crippen LogP contribution in [0.5, 0.6) is 0 Å². The molecule has 0 amide bonds. The van der Waals surface area contributed by atoms with Crippen LogP contribution < -0.4 is 5.32 Å². The molecule has 0 radical (unpaired) electrons. The number of aliphatic hydroxyl groups is 1. The molecule has 0 bridgehead atoms. The summed E-state index contributed by atoms with van der Waals surface area (Å²) in [5.74, 6) is 0. The molecular formula is C14H30N2O. The third kappa shape index (κ3) is 4.23. The molecule has 3 nitrogen and oxygen atoms in total. The van der Waals surface area contributed by atoms with Crippen molar-refractivity contribution in [2.45, 2.75) is 52.6 Å². The summed E-state index contributed by atoms with van der Waals surface area (Å²) in [6.45, 7) is 13.8. The largest absolute Gasteiger partial charge is 0.389 e. The average Bonchev–Trinajstić information content (AvgIpc) is 2.64. The van der Waals surface area contributed by atoms with E-state index in [2.05, 4.69) is 31.0 Å². The summed E-state index contributed by atoms with van der Waals surface area (Å²) < 4.78 is 0. The fraction of sp³-hybridized carbons (Fsp3) is 1.00. The van der Waals surface area contributed by atoms with Gasteiger partial charge in [0.1, 0.15) is 0 Å². The van der Waals surface area contributed by atoms with Crippen LogP contribution in [0.2, 0.25) is 0 Å². The molecule has 17 heavy (non-hydrogen) atoms. The first kappa shape index (κ1) is 14.9. The number of likely N-dealkylation sites (tertiary alicyclic amines) is 1. The lowest BCUT2D eigenvalue weighted by Crippen LogP contribution is -2.44. The third-order valence-corrected chi connectivity index (χ3v) is 4.34. The van der Waals surface area contributed by atoms with E-state index in [1.807, 2.05) is 6.92 Å². The Morgan fingerprint density at radius 2 is 1.94 bits per heavy atom. The third-order valence-electron chi connectivity index (χ3n) is 4.34. The molecular weight excluding hydrogens is 212 g/mol. The second-order valence-electron chi connectivity index (χ2n) is 5.95. The molecule has 1 saturated heterocycles. The summed E-state index contributed by atoms with van der Waals surface area (Å²) in [4.78, 5) is 2.43. The van der Waals surface area contributed by atoms with E-state index in [9.17, 15) is 5.11 Å². The zero-order valence-electron chi connectivity index (χ0n) is 12.1. The van der Waals surface area contributed by atoms with E-state index in [4.69, 9.17) is 0 Å². The van der Waals surface area contributed by atoms with Crippen LogP contribution in [0.3, 0.4) is 0 Å². The van der Waals surface area contributed by atoms with E-state index < -0.39 is 5.60 Å². The van der Waals surface area contributed by atoms with Crippen molar-refractivity contribution in [3.63, 3.8) is 0 Å². The summed E-state index contributed by atoms with van der Waals surface area (Å²) in [5, 5.41) is 13.5. The molecule has 1 fully saturated rings. The Balaban J connectivity index is 2.54. The van der Waals surface area contributed by atoms with Crippen molar-refractivity contribution in [3.05, 3.63) is 0 Å². The maximum atomic E-state index is 10.0. The van der Waals surface area contributed by atoms with Gasteiger partial charge in [0.25, 0.3) is 0 Å². The first-order chi connectivity index (χ1) is 7.97. The van der Waals surface area contributed by atoms with Crippen molar-refractivity contribution in [2.24, 2.45) is 5.41 Å². The van der Waals surface area contributed by atoms with Crippen molar-refractivity contribution in [1.29, 1.82) is 0 Å². The molecule has 1 atom stereocenters. The topological polar surface area (TPSA) is 35.5 Å². The molecule has 1 rings (SSSR count). The summed E-state index contributed by atoms with van der Waals surface area (Å²) >= 11 is 0. The predicted molar refractivity (Wildman–Crippen MR) is 73.2 cm³/mol. The molecule has 0 spiro atoms. The monoisotopic (exact) mass is 242 g/mol. The van der Waals surface area contributed by atoms with Gasteiger partial charge in [-0.1, -0.05) is 20.8 Å². The van der Waals surface area contributed by atoms with Crippen LogP contribution in [0.15, 0.2) is 0 Å². The lowest BCUT2D eigenvalue weighted by molar-refractivity contribution is 0.0591. The van der Waals surface area contributed by atoms with Gasteiger partial charge in [0.05, 0.1) is 5.60 Å². The number of rotatable bonds is 7. The zero-order chi connectivity index (χ0) is 12.9. The highest BCUT2D eigenvalue weighted by molar-refractivity contribution is 4.90. The van der Waals surface area contributed by atoms with Gasteiger partial charge in [-0.05, 0) is 38.1 Å². The molecule has 0 aromatic carbocycles. The van der Waals surface area contributed by atoms with Gasteiger partial charge in [-0.25, -0.2) is 0 Å². The van der Waals surface area contributed by atoms with Crippen molar-refractivity contribution in [3.8, 4) is 0 Å². The minimum atomic E-state index is -0.467. The lowest BCUT2D eigenvalue weighted by atomic mass is 9.81. The van der Waals surface area contributed by atoms with E-state index in [-0.39, 0.29) is 0 Å². The average molecular weight is 242 g/mol. The SMILES string of the molecule is CCNCC(CC)(CC)CN1CCC(C)(O)C1. The van der Waals surface area contributed by atoms with Gasteiger partial charge in [-0.2, -0.15) is 0 Å². The minimum Gasteiger partial charge on any atom is -0.389 e. The van der Waals surface area contributed by atoms with Crippen molar-refractivity contribution in [2.75, 3.05) is 32.7 Å². The van der Waals surface area contributed by atoms with Gasteiger partial charge in [0.2, 0.25) is 0 Å². The van der Waals surface area contributed by atoms with Crippen molar-refractivity contribution < 1.29 is 5.11 Å². The second-order valence-corrected chi connectivity index (χ2v) is 5.95. The Labute approximate surface area is 107 Å². The Bertz CT molecular complexity index is 224. The highest BCUT2D eigenvalue weighted by Gasteiger charge is 2.36. The van der Waals surface area contributed by atoms with Crippen LogP contribution in [0, 0.1) is 5.41 Å². The van der Waals surface area contributed by atoms with E-state index in [1.54, 1.807) is 0 Å². The Kier molecular flexibility index (Phi) is 5.42. The molecule has 0 aliphatic carbocycles. The van der Waals surface area contributed by atoms with Crippen molar-refractivity contribution >= 4 is 0 Å². The second kappa shape index (κ2) is 6.17. The van der Waals surface area contributed by atoms with Gasteiger partial charge in [-0.3, -0.25) is 4.90 Å². The predicted octanol–water partition coefficient (Wildman–Crippen LogP) is 1.86. The maximum absolute atomic E-state index is 10.0. The number of nitrogens with one attached hydrogen (secondary N) is 1. The Morgan fingerprint density at radius 1 is 1.29 bits per heavy atom. The first-order valence-electron chi connectivity index (χ1n) is 7.12. The lowest BCUT2D eigenvalue weighted by Gasteiger charge is -2.36. The van der Waals surface area contributed by atoms with Crippen LogP contribution in [0.1, 0.15) is 47.0 Å². The van der Waals surface area contributed by atoms with E-state index in [0.29, 0.717) is 5.41 Å². The molecule has 0 saturated carbocycles. The highest BCUT2D eigenvalue weighted by atomic mass is 16.3. The molecule has 1 heterocycles. The highest BCUT2D eigenvalue weighted by Crippen LogP contribution is 2.30. The molecule has 1 aliphatic rings. The zero-order valence-corrected chi connectivity index (χ0v) is 12.1. The number of nitrogens with zero attached hydrogens (tertiary/aromatic N) is 1. The molecule has 0 aromatic rings. The van der Waals surface area contributed by atoms with Crippen LogP contribution in [0.25, 0.3) is 0 Å². The van der Waals surface area contributed by atoms with E-state index >= 15 is 0 Å². The number of hydrogen-bond donors (Lipinski definition) is 2. The summed E-state index contributed by atoms with van der Waals surface area (Å²) in [6.07, 6.45) is 3.32. The van der Waals surface area contributed by atoms with Gasteiger partial charge in [-0.15, -0.1) is 0 Å². The first-order valence-corrected chi connectivity index (χ1v) is 7.12. The molecule has 1 unspecified atom stereocenters. The van der Waals surface area contributed by atoms with Crippen LogP contribution in [-0.2, 0) is 0 Å². The molecule has 3 heteroatoms. The van der Waals surface area contributed by atoms with Gasteiger partial charge < -0.3 is 10.4 Å². The summed E-state index contributed by atoms with van der Waals surface area (Å²) in [6, 6.07) is 0. The quantitative estimate of drug-likeness (QED) is 0.715. The standard InChI is InChI=1S/C14H30N2O/c1-5-14(6-2,10-15-7-3)12-16-9-8-13(4,17)11-16/h15,17H,5-12H2,1-4H3. The molecule has 102 valence electrons. The summed E-state index contributed by atoms with van der Waals surface area (Å²) in [5.41, 5.74) is -0.0954. The van der Waals surface area contributed by atoms with Crippen LogP contribution in [-0.4, -0.2) is 48.3 Å². The van der Waals surface area contributed by atoms with Crippen LogP contribution >= 0.6 is 0 Å². The molecule has 2 N–H and O–H groups in total. The molecule has 0 aromatic heterocycles. The van der Waals surface area contributed by atoms with Gasteiger partial charge in [0.15, 0.2) is 0 Å². The number of β-amino-alcohol motifs (C(OH)–C–C–N with tert-alkyl or cyclic N) is 1. The Hall–Kier alpha value is -0.120. The van der Waals surface area contributed by atoms with Gasteiger partial charge >= 0.3 is 0 Å². The minimum absolute atomic E-state index is 0.371. The van der Waals surface area contributed by atoms with E-state index in [0.717, 1.165) is 39.1 Å². The van der Waals surface area contributed by atoms with Crippen molar-refractivity contribution in [1.82, 2.24) is 10.2 Å². The normalized spacial score (nSPS) is 26.6. The molecule has 1 aliphatic heterocycles. The number of hydrogen-bond acceptors (Lipinski definition) is 3. The smallest absolute Gasteiger partial charge is 0.0758 e. The maximum Gasteiger partial charge on any atom is 0.0758 e. The van der Waals surface area contributed by atoms with Crippen LogP contribution in [0.4, 0.5) is 0 Å². The van der Waals surface area contributed by atoms with E-state index in [1.165, 1.54) is 12.8 Å².